The number of hydrogen-bond acceptors (Lipinski definition) is 6. The van der Waals surface area contributed by atoms with Crippen molar-refractivity contribution in [3.8, 4) is 0 Å². The van der Waals surface area contributed by atoms with Crippen LogP contribution in [-0.4, -0.2) is 37.2 Å². The fraction of sp³-hybridized carbons (Fsp3) is 0.707. The van der Waals surface area contributed by atoms with E-state index in [-0.39, 0.29) is 31.1 Å². The van der Waals surface area contributed by atoms with Gasteiger partial charge in [-0.3, -0.25) is 14.4 Å². The Bertz CT molecular complexity index is 1250. The number of esters is 3. The lowest BCUT2D eigenvalue weighted by molar-refractivity contribution is -0.167. The molecule has 0 saturated carbocycles. The molecule has 6 nitrogen and oxygen atoms in total. The monoisotopic (exact) mass is 891 g/mol. The molecule has 366 valence electrons. The lowest BCUT2D eigenvalue weighted by Gasteiger charge is -2.18. The van der Waals surface area contributed by atoms with Crippen LogP contribution in [0.1, 0.15) is 245 Å². The summed E-state index contributed by atoms with van der Waals surface area (Å²) in [6.45, 7) is 6.44. The third kappa shape index (κ3) is 49.6. The number of unbranched alkanes of at least 4 members (excludes halogenated alkanes) is 26. The summed E-state index contributed by atoms with van der Waals surface area (Å²) >= 11 is 0. The van der Waals surface area contributed by atoms with Crippen molar-refractivity contribution >= 4 is 17.9 Å². The summed E-state index contributed by atoms with van der Waals surface area (Å²) in [6, 6.07) is 0. The molecule has 0 radical (unpaired) electrons. The van der Waals surface area contributed by atoms with Crippen LogP contribution in [0.4, 0.5) is 0 Å². The van der Waals surface area contributed by atoms with Gasteiger partial charge in [0.2, 0.25) is 0 Å². The van der Waals surface area contributed by atoms with Gasteiger partial charge < -0.3 is 14.2 Å². The van der Waals surface area contributed by atoms with Gasteiger partial charge in [-0.05, 0) is 89.9 Å². The fourth-order valence-electron chi connectivity index (χ4n) is 7.20. The molecule has 0 rings (SSSR count). The van der Waals surface area contributed by atoms with Gasteiger partial charge in [-0.15, -0.1) is 0 Å². The van der Waals surface area contributed by atoms with Crippen molar-refractivity contribution in [3.05, 3.63) is 85.1 Å². The van der Waals surface area contributed by atoms with Gasteiger partial charge in [-0.25, -0.2) is 0 Å². The van der Waals surface area contributed by atoms with Gasteiger partial charge in [-0.1, -0.05) is 221 Å². The lowest BCUT2D eigenvalue weighted by Crippen LogP contribution is -2.30. The molecule has 0 aliphatic carbocycles. The van der Waals surface area contributed by atoms with Crippen molar-refractivity contribution in [1.29, 1.82) is 0 Å². The van der Waals surface area contributed by atoms with E-state index in [9.17, 15) is 14.4 Å². The van der Waals surface area contributed by atoms with Crippen molar-refractivity contribution in [2.75, 3.05) is 13.2 Å². The first-order chi connectivity index (χ1) is 31.5. The average Bonchev–Trinajstić information content (AvgIpc) is 3.29. The van der Waals surface area contributed by atoms with Gasteiger partial charge in [0.05, 0.1) is 0 Å². The van der Waals surface area contributed by atoms with E-state index in [0.717, 1.165) is 109 Å². The maximum atomic E-state index is 12.8. The van der Waals surface area contributed by atoms with Gasteiger partial charge in [0, 0.05) is 19.3 Å². The van der Waals surface area contributed by atoms with Crippen molar-refractivity contribution in [3.63, 3.8) is 0 Å². The molecular weight excluding hydrogens is 793 g/mol. The minimum Gasteiger partial charge on any atom is -0.462 e. The van der Waals surface area contributed by atoms with E-state index in [0.29, 0.717) is 19.3 Å². The first-order valence-electron chi connectivity index (χ1n) is 26.7. The van der Waals surface area contributed by atoms with E-state index in [2.05, 4.69) is 106 Å². The number of rotatable bonds is 47. The second kappa shape index (κ2) is 52.2. The largest absolute Gasteiger partial charge is 0.462 e. The summed E-state index contributed by atoms with van der Waals surface area (Å²) in [6.07, 6.45) is 67.0. The summed E-state index contributed by atoms with van der Waals surface area (Å²) in [5.41, 5.74) is 0. The molecule has 0 fully saturated rings. The summed E-state index contributed by atoms with van der Waals surface area (Å²) in [5, 5.41) is 0. The van der Waals surface area contributed by atoms with Crippen LogP contribution in [0.25, 0.3) is 0 Å². The van der Waals surface area contributed by atoms with Crippen molar-refractivity contribution in [2.24, 2.45) is 0 Å². The Labute approximate surface area is 395 Å². The van der Waals surface area contributed by atoms with E-state index in [1.54, 1.807) is 0 Å². The molecular formula is C58H98O6. The van der Waals surface area contributed by atoms with Crippen LogP contribution in [0.5, 0.6) is 0 Å². The second-order valence-corrected chi connectivity index (χ2v) is 17.5. The van der Waals surface area contributed by atoms with E-state index in [4.69, 9.17) is 14.2 Å². The van der Waals surface area contributed by atoms with Crippen molar-refractivity contribution in [2.45, 2.75) is 252 Å². The summed E-state index contributed by atoms with van der Waals surface area (Å²) < 4.78 is 16.8. The molecule has 0 aliphatic heterocycles. The van der Waals surface area contributed by atoms with Crippen LogP contribution < -0.4 is 0 Å². The van der Waals surface area contributed by atoms with E-state index >= 15 is 0 Å². The predicted octanol–water partition coefficient (Wildman–Crippen LogP) is 17.6. The van der Waals surface area contributed by atoms with E-state index in [1.165, 1.54) is 96.3 Å². The van der Waals surface area contributed by atoms with Gasteiger partial charge in [0.15, 0.2) is 6.10 Å². The Hall–Kier alpha value is -3.41. The zero-order valence-corrected chi connectivity index (χ0v) is 41.8. The Morgan fingerprint density at radius 1 is 0.328 bits per heavy atom. The summed E-state index contributed by atoms with van der Waals surface area (Å²) in [7, 11) is 0. The highest BCUT2D eigenvalue weighted by Crippen LogP contribution is 2.14. The molecule has 0 aliphatic rings. The van der Waals surface area contributed by atoms with Crippen molar-refractivity contribution < 1.29 is 28.6 Å². The van der Waals surface area contributed by atoms with Crippen LogP contribution in [0.15, 0.2) is 85.1 Å². The number of carbonyl (C=O) groups is 3. The topological polar surface area (TPSA) is 78.9 Å². The predicted molar refractivity (Wildman–Crippen MR) is 274 cm³/mol. The summed E-state index contributed by atoms with van der Waals surface area (Å²) in [4.78, 5) is 38.0. The van der Waals surface area contributed by atoms with Crippen LogP contribution in [-0.2, 0) is 28.6 Å². The molecule has 0 heterocycles. The molecule has 0 amide bonds. The highest BCUT2D eigenvalue weighted by atomic mass is 16.6. The molecule has 0 aromatic carbocycles. The maximum Gasteiger partial charge on any atom is 0.306 e. The molecule has 6 heteroatoms. The van der Waals surface area contributed by atoms with Crippen molar-refractivity contribution in [1.82, 2.24) is 0 Å². The third-order valence-corrected chi connectivity index (χ3v) is 11.2. The van der Waals surface area contributed by atoms with Gasteiger partial charge in [0.25, 0.3) is 0 Å². The fourth-order valence-corrected chi connectivity index (χ4v) is 7.20. The minimum absolute atomic E-state index is 0.0960. The maximum absolute atomic E-state index is 12.8. The third-order valence-electron chi connectivity index (χ3n) is 11.2. The molecule has 0 aromatic rings. The summed E-state index contributed by atoms with van der Waals surface area (Å²) in [5.74, 6) is -0.938. The smallest absolute Gasteiger partial charge is 0.306 e. The van der Waals surface area contributed by atoms with Gasteiger partial charge in [-0.2, -0.15) is 0 Å². The quantitative estimate of drug-likeness (QED) is 0.0199. The number of hydrogen-bond donors (Lipinski definition) is 0. The lowest BCUT2D eigenvalue weighted by atomic mass is 10.1. The SMILES string of the molecule is CC/C=C/C=C/C=C/CCCCCCCC(=O)OCC(COC(=O)CCCCCCC/C=C/C=C/C=C/CCCCCCC)OC(=O)CCCCCCCCC/C=C/CCCCCC. The number of allylic oxidation sites excluding steroid dienone is 14. The molecule has 1 atom stereocenters. The zero-order chi connectivity index (χ0) is 46.5. The van der Waals surface area contributed by atoms with Gasteiger partial charge in [0.1, 0.15) is 13.2 Å². The average molecular weight is 891 g/mol. The first-order valence-corrected chi connectivity index (χ1v) is 26.7. The molecule has 0 spiro atoms. The van der Waals surface area contributed by atoms with Gasteiger partial charge >= 0.3 is 17.9 Å². The van der Waals surface area contributed by atoms with Crippen LogP contribution >= 0.6 is 0 Å². The Kier molecular flexibility index (Phi) is 49.4. The molecule has 1 unspecified atom stereocenters. The van der Waals surface area contributed by atoms with Crippen LogP contribution in [0.2, 0.25) is 0 Å². The molecule has 0 bridgehead atoms. The van der Waals surface area contributed by atoms with Crippen LogP contribution in [0.3, 0.4) is 0 Å². The number of ether oxygens (including phenoxy) is 3. The normalized spacial score (nSPS) is 12.7. The molecule has 64 heavy (non-hydrogen) atoms. The van der Waals surface area contributed by atoms with E-state index in [1.807, 2.05) is 0 Å². The molecule has 0 aromatic heterocycles. The van der Waals surface area contributed by atoms with E-state index < -0.39 is 6.10 Å². The first kappa shape index (κ1) is 60.6. The van der Waals surface area contributed by atoms with Crippen LogP contribution in [0, 0.1) is 0 Å². The standard InChI is InChI=1S/C58H98O6/c1-4-7-10-13-16-19-22-25-27-28-29-31-33-36-39-42-45-48-51-57(60)63-54-55(53-62-56(59)50-47-44-41-38-35-32-24-21-18-15-12-9-6-3)64-58(61)52-49-46-43-40-37-34-30-26-23-20-17-14-11-8-5-2/h9,12,15,18,20-25,27-29,31,55H,4-8,10-11,13-14,16-17,19,26,30,32-54H2,1-3H3/b12-9+,18-15+,23-20+,24-21+,25-22+,28-27+,31-29+. The highest BCUT2D eigenvalue weighted by molar-refractivity contribution is 5.71. The molecule has 0 N–H and O–H groups in total. The Balaban J connectivity index is 4.45. The Morgan fingerprint density at radius 3 is 1.00 bits per heavy atom. The molecule has 0 saturated heterocycles. The Morgan fingerprint density at radius 2 is 0.625 bits per heavy atom. The minimum atomic E-state index is -0.796. The highest BCUT2D eigenvalue weighted by Gasteiger charge is 2.19. The zero-order valence-electron chi connectivity index (χ0n) is 41.8. The second-order valence-electron chi connectivity index (χ2n) is 17.5. The number of carbonyl (C=O) groups excluding carboxylic acids is 3.